The number of hydrogen-bond donors (Lipinski definition) is 0. The Bertz CT molecular complexity index is 2850. The maximum Gasteiger partial charge on any atom is 0.164 e. The monoisotopic (exact) mass is 761 g/mol. The van der Waals surface area contributed by atoms with E-state index in [1.165, 1.54) is 49.7 Å². The van der Waals surface area contributed by atoms with Crippen LogP contribution in [0.15, 0.2) is 206 Å². The Morgan fingerprint density at radius 2 is 0.569 bits per heavy atom. The summed E-state index contributed by atoms with van der Waals surface area (Å²) in [6, 6.07) is 73.1. The molecule has 8 aromatic carbocycles. The summed E-state index contributed by atoms with van der Waals surface area (Å²) in [6.45, 7) is 7.23. The van der Waals surface area contributed by atoms with Crippen molar-refractivity contribution >= 4 is 13.3 Å². The molecule has 0 fully saturated rings. The van der Waals surface area contributed by atoms with E-state index < -0.39 is 8.07 Å². The van der Waals surface area contributed by atoms with E-state index in [0.29, 0.717) is 17.5 Å². The van der Waals surface area contributed by atoms with E-state index >= 15 is 0 Å². The second-order valence-corrected chi connectivity index (χ2v) is 20.8. The van der Waals surface area contributed by atoms with E-state index in [-0.39, 0.29) is 0 Å². The van der Waals surface area contributed by atoms with Crippen molar-refractivity contribution < 1.29 is 0 Å². The van der Waals surface area contributed by atoms with Crippen LogP contribution in [0.1, 0.15) is 0 Å². The Balaban J connectivity index is 1.11. The van der Waals surface area contributed by atoms with E-state index in [0.717, 1.165) is 27.8 Å². The highest BCUT2D eigenvalue weighted by molar-refractivity contribution is 6.89. The first-order valence-electron chi connectivity index (χ1n) is 19.8. The minimum absolute atomic E-state index is 0.643. The molecular formula is C54H43N3Si. The molecule has 0 N–H and O–H groups in total. The van der Waals surface area contributed by atoms with Crippen LogP contribution in [0.5, 0.6) is 0 Å². The molecule has 1 aromatic heterocycles. The van der Waals surface area contributed by atoms with Gasteiger partial charge in [0.05, 0.1) is 8.07 Å². The first-order valence-corrected chi connectivity index (χ1v) is 23.3. The first-order chi connectivity index (χ1) is 28.4. The van der Waals surface area contributed by atoms with Gasteiger partial charge in [-0.05, 0) is 79.9 Å². The minimum Gasteiger partial charge on any atom is -0.208 e. The van der Waals surface area contributed by atoms with E-state index in [1.54, 1.807) is 0 Å². The van der Waals surface area contributed by atoms with Crippen LogP contribution >= 0.6 is 0 Å². The van der Waals surface area contributed by atoms with Crippen molar-refractivity contribution in [3.8, 4) is 89.8 Å². The van der Waals surface area contributed by atoms with Gasteiger partial charge in [-0.1, -0.05) is 207 Å². The van der Waals surface area contributed by atoms with Gasteiger partial charge in [0.15, 0.2) is 17.5 Å². The molecule has 0 saturated heterocycles. The lowest BCUT2D eigenvalue weighted by atomic mass is 9.95. The Kier molecular flexibility index (Phi) is 10.0. The van der Waals surface area contributed by atoms with Gasteiger partial charge in [-0.15, -0.1) is 0 Å². The largest absolute Gasteiger partial charge is 0.208 e. The lowest BCUT2D eigenvalue weighted by Crippen LogP contribution is -2.39. The van der Waals surface area contributed by atoms with Gasteiger partial charge < -0.3 is 0 Å². The highest BCUT2D eigenvalue weighted by atomic mass is 28.3. The van der Waals surface area contributed by atoms with Crippen molar-refractivity contribution in [3.05, 3.63) is 206 Å². The number of nitrogens with zero attached hydrogens (tertiary/aromatic N) is 3. The summed E-state index contributed by atoms with van der Waals surface area (Å²) < 4.78 is 0. The molecular weight excluding hydrogens is 719 g/mol. The maximum absolute atomic E-state index is 5.17. The van der Waals surface area contributed by atoms with Crippen molar-refractivity contribution in [1.82, 2.24) is 15.0 Å². The summed E-state index contributed by atoms with van der Waals surface area (Å²) in [5.41, 5.74) is 14.8. The molecule has 0 aliphatic rings. The third-order valence-electron chi connectivity index (χ3n) is 10.7. The highest BCUT2D eigenvalue weighted by Crippen LogP contribution is 2.34. The van der Waals surface area contributed by atoms with Crippen molar-refractivity contribution in [2.24, 2.45) is 0 Å². The number of aromatic nitrogens is 3. The summed E-state index contributed by atoms with van der Waals surface area (Å²) in [7, 11) is -1.77. The van der Waals surface area contributed by atoms with Crippen molar-refractivity contribution in [2.45, 2.75) is 19.6 Å². The predicted octanol–water partition coefficient (Wildman–Crippen LogP) is 13.8. The van der Waals surface area contributed by atoms with Crippen molar-refractivity contribution in [3.63, 3.8) is 0 Å². The van der Waals surface area contributed by atoms with Crippen molar-refractivity contribution in [2.75, 3.05) is 0 Å². The third kappa shape index (κ3) is 7.84. The molecule has 9 rings (SSSR count). The smallest absolute Gasteiger partial charge is 0.164 e. The Hall–Kier alpha value is -7.01. The van der Waals surface area contributed by atoms with E-state index in [9.17, 15) is 0 Å². The van der Waals surface area contributed by atoms with Gasteiger partial charge >= 0.3 is 0 Å². The van der Waals surface area contributed by atoms with Crippen LogP contribution in [0.4, 0.5) is 0 Å². The summed E-state index contributed by atoms with van der Waals surface area (Å²) in [4.78, 5) is 15.3. The van der Waals surface area contributed by atoms with Crippen LogP contribution in [0.2, 0.25) is 19.6 Å². The topological polar surface area (TPSA) is 38.7 Å². The van der Waals surface area contributed by atoms with Crippen LogP contribution in [0, 0.1) is 0 Å². The summed E-state index contributed by atoms with van der Waals surface area (Å²) in [5, 5.41) is 1.40. The Morgan fingerprint density at radius 3 is 1.03 bits per heavy atom. The Morgan fingerprint density at radius 1 is 0.259 bits per heavy atom. The molecule has 1 heterocycles. The zero-order chi connectivity index (χ0) is 39.5. The van der Waals surface area contributed by atoms with Gasteiger partial charge in [0.1, 0.15) is 0 Å². The molecule has 3 nitrogen and oxygen atoms in total. The molecule has 0 amide bonds. The van der Waals surface area contributed by atoms with Gasteiger partial charge in [0, 0.05) is 16.7 Å². The quantitative estimate of drug-likeness (QED) is 0.138. The normalized spacial score (nSPS) is 11.4. The zero-order valence-electron chi connectivity index (χ0n) is 33.0. The molecule has 4 heteroatoms. The second kappa shape index (κ2) is 15.9. The third-order valence-corrected chi connectivity index (χ3v) is 12.7. The average Bonchev–Trinajstić information content (AvgIpc) is 3.29. The van der Waals surface area contributed by atoms with Gasteiger partial charge in [-0.2, -0.15) is 0 Å². The van der Waals surface area contributed by atoms with Gasteiger partial charge in [-0.3, -0.25) is 0 Å². The fourth-order valence-electron chi connectivity index (χ4n) is 7.62. The number of benzene rings is 8. The molecule has 0 bridgehead atoms. The second-order valence-electron chi connectivity index (χ2n) is 15.7. The summed E-state index contributed by atoms with van der Waals surface area (Å²) in [6.07, 6.45) is 0. The maximum atomic E-state index is 5.17. The van der Waals surface area contributed by atoms with Gasteiger partial charge in [-0.25, -0.2) is 15.0 Å². The molecule has 0 aliphatic heterocycles. The molecule has 0 radical (unpaired) electrons. The van der Waals surface area contributed by atoms with Crippen molar-refractivity contribution in [1.29, 1.82) is 0 Å². The minimum atomic E-state index is -1.77. The van der Waals surface area contributed by atoms with E-state index in [4.69, 9.17) is 15.0 Å². The van der Waals surface area contributed by atoms with Gasteiger partial charge in [0.25, 0.3) is 0 Å². The molecule has 278 valence electrons. The first kappa shape index (κ1) is 36.6. The fraction of sp³-hybridized carbons (Fsp3) is 0.0556. The van der Waals surface area contributed by atoms with Crippen LogP contribution in [0.3, 0.4) is 0 Å². The molecule has 58 heavy (non-hydrogen) atoms. The lowest BCUT2D eigenvalue weighted by Gasteiger charge is -2.22. The number of hydrogen-bond acceptors (Lipinski definition) is 3. The summed E-state index contributed by atoms with van der Waals surface area (Å²) in [5.74, 6) is 1.94. The molecule has 0 saturated carbocycles. The van der Waals surface area contributed by atoms with Crippen LogP contribution < -0.4 is 5.19 Å². The average molecular weight is 762 g/mol. The summed E-state index contributed by atoms with van der Waals surface area (Å²) >= 11 is 0. The van der Waals surface area contributed by atoms with Gasteiger partial charge in [0.2, 0.25) is 0 Å². The van der Waals surface area contributed by atoms with Crippen LogP contribution in [0.25, 0.3) is 89.8 Å². The highest BCUT2D eigenvalue weighted by Gasteiger charge is 2.23. The molecule has 0 aliphatic carbocycles. The standard InChI is InChI=1S/C54H43N3Si/c1-58(2,3)51-33-32-49(37-50(51)48-27-15-26-47(36-48)46-25-14-23-44(35-46)39-18-9-5-10-19-39)54-56-52(41-20-11-6-12-21-41)55-53(57-54)42-30-28-40(29-31-42)45-24-13-22-43(34-45)38-16-7-4-8-17-38/h4-37H,1-3H3. The molecule has 0 atom stereocenters. The molecule has 0 spiro atoms. The van der Waals surface area contributed by atoms with Crippen LogP contribution in [-0.4, -0.2) is 23.0 Å². The number of rotatable bonds is 9. The van der Waals surface area contributed by atoms with E-state index in [2.05, 4.69) is 208 Å². The lowest BCUT2D eigenvalue weighted by molar-refractivity contribution is 1.07. The molecule has 0 unspecified atom stereocenters. The SMILES string of the molecule is C[Si](C)(C)c1ccc(-c2nc(-c3ccccc3)nc(-c3ccc(-c4cccc(-c5ccccc5)c4)cc3)n2)cc1-c1cccc(-c2cccc(-c3ccccc3)c2)c1. The zero-order valence-corrected chi connectivity index (χ0v) is 34.0. The van der Waals surface area contributed by atoms with Crippen LogP contribution in [-0.2, 0) is 0 Å². The Labute approximate surface area is 342 Å². The molecule has 9 aromatic rings. The fourth-order valence-corrected chi connectivity index (χ4v) is 9.23. The predicted molar refractivity (Wildman–Crippen MR) is 246 cm³/mol. The van der Waals surface area contributed by atoms with E-state index in [1.807, 2.05) is 18.2 Å².